The SMILES string of the molecule is C#Cc1ccc2c3c4c(ccc13)C=CCC4=CC2. The van der Waals surface area contributed by atoms with Gasteiger partial charge < -0.3 is 0 Å². The number of hydrogen-bond acceptors (Lipinski definition) is 0. The zero-order valence-corrected chi connectivity index (χ0v) is 10.0. The molecule has 0 nitrogen and oxygen atoms in total. The van der Waals surface area contributed by atoms with E-state index >= 15 is 0 Å². The second-order valence-corrected chi connectivity index (χ2v) is 4.91. The Morgan fingerprint density at radius 3 is 2.89 bits per heavy atom. The summed E-state index contributed by atoms with van der Waals surface area (Å²) in [6.45, 7) is 0. The fourth-order valence-electron chi connectivity index (χ4n) is 3.15. The van der Waals surface area contributed by atoms with Crippen LogP contribution in [-0.4, -0.2) is 0 Å². The van der Waals surface area contributed by atoms with Crippen molar-refractivity contribution in [3.8, 4) is 12.3 Å². The van der Waals surface area contributed by atoms with E-state index in [0.29, 0.717) is 0 Å². The topological polar surface area (TPSA) is 0 Å². The molecule has 2 aliphatic rings. The van der Waals surface area contributed by atoms with Gasteiger partial charge in [-0.25, -0.2) is 0 Å². The fraction of sp³-hybridized carbons (Fsp3) is 0.111. The Bertz CT molecular complexity index is 780. The molecule has 0 saturated heterocycles. The summed E-state index contributed by atoms with van der Waals surface area (Å²) in [5.74, 6) is 2.81. The van der Waals surface area contributed by atoms with Gasteiger partial charge in [0.25, 0.3) is 0 Å². The lowest BCUT2D eigenvalue weighted by Gasteiger charge is -2.23. The summed E-state index contributed by atoms with van der Waals surface area (Å²) in [5, 5.41) is 2.61. The van der Waals surface area contributed by atoms with Crippen LogP contribution in [0.3, 0.4) is 0 Å². The van der Waals surface area contributed by atoms with Crippen molar-refractivity contribution in [3.63, 3.8) is 0 Å². The monoisotopic (exact) mass is 228 g/mol. The van der Waals surface area contributed by atoms with Gasteiger partial charge in [0.15, 0.2) is 0 Å². The predicted octanol–water partition coefficient (Wildman–Crippen LogP) is 4.18. The molecular weight excluding hydrogens is 216 g/mol. The molecule has 0 N–H and O–H groups in total. The third-order valence-electron chi connectivity index (χ3n) is 3.98. The van der Waals surface area contributed by atoms with Crippen LogP contribution in [0.25, 0.3) is 22.4 Å². The van der Waals surface area contributed by atoms with Crippen LogP contribution in [0.15, 0.2) is 36.4 Å². The molecule has 0 amide bonds. The van der Waals surface area contributed by atoms with Crippen LogP contribution in [0.5, 0.6) is 0 Å². The van der Waals surface area contributed by atoms with E-state index in [1.54, 1.807) is 0 Å². The largest absolute Gasteiger partial charge is 0.115 e. The van der Waals surface area contributed by atoms with Crippen LogP contribution in [0.4, 0.5) is 0 Å². The van der Waals surface area contributed by atoms with E-state index in [2.05, 4.69) is 48.4 Å². The van der Waals surface area contributed by atoms with Crippen molar-refractivity contribution in [1.82, 2.24) is 0 Å². The van der Waals surface area contributed by atoms with Crippen molar-refractivity contribution in [2.45, 2.75) is 12.8 Å². The first kappa shape index (κ1) is 9.74. The highest BCUT2D eigenvalue weighted by molar-refractivity contribution is 6.04. The second kappa shape index (κ2) is 3.37. The molecule has 0 spiro atoms. The first-order valence-corrected chi connectivity index (χ1v) is 6.29. The molecule has 0 radical (unpaired) electrons. The molecule has 0 fully saturated rings. The molecule has 2 aromatic rings. The van der Waals surface area contributed by atoms with E-state index < -0.39 is 0 Å². The molecule has 4 rings (SSSR count). The van der Waals surface area contributed by atoms with Gasteiger partial charge in [-0.3, -0.25) is 0 Å². The van der Waals surface area contributed by atoms with Gasteiger partial charge in [-0.05, 0) is 51.9 Å². The summed E-state index contributed by atoms with van der Waals surface area (Å²) in [5.41, 5.74) is 6.61. The maximum absolute atomic E-state index is 5.62. The average Bonchev–Trinajstić information content (AvgIpc) is 2.44. The molecule has 0 aromatic heterocycles. The van der Waals surface area contributed by atoms with Crippen molar-refractivity contribution < 1.29 is 0 Å². The fourth-order valence-corrected chi connectivity index (χ4v) is 3.15. The number of hydrogen-bond donors (Lipinski definition) is 0. The molecule has 0 aliphatic heterocycles. The smallest absolute Gasteiger partial charge is 0.0321 e. The highest BCUT2D eigenvalue weighted by Crippen LogP contribution is 2.40. The normalized spacial score (nSPS) is 15.4. The Hall–Kier alpha value is -2.26. The Morgan fingerprint density at radius 2 is 2.00 bits per heavy atom. The number of benzene rings is 2. The Labute approximate surface area is 107 Å². The second-order valence-electron chi connectivity index (χ2n) is 4.91. The zero-order chi connectivity index (χ0) is 12.1. The van der Waals surface area contributed by atoms with Crippen LogP contribution < -0.4 is 0 Å². The maximum atomic E-state index is 5.62. The molecule has 84 valence electrons. The summed E-state index contributed by atoms with van der Waals surface area (Å²) in [7, 11) is 0. The van der Waals surface area contributed by atoms with E-state index in [4.69, 9.17) is 6.42 Å². The standard InChI is InChI=1S/C18H12/c1-2-12-6-7-15-9-8-13-4-3-5-14-10-11-16(12)18(15)17(13)14/h1,3,5-8,10-11H,4,9H2. The molecule has 0 atom stereocenters. The molecule has 0 unspecified atom stereocenters. The molecule has 2 aliphatic carbocycles. The van der Waals surface area contributed by atoms with Crippen LogP contribution in [0.1, 0.15) is 28.7 Å². The summed E-state index contributed by atoms with van der Waals surface area (Å²) in [6, 6.07) is 8.62. The average molecular weight is 228 g/mol. The van der Waals surface area contributed by atoms with Crippen LogP contribution in [0.2, 0.25) is 0 Å². The van der Waals surface area contributed by atoms with Gasteiger partial charge in [0.05, 0.1) is 0 Å². The van der Waals surface area contributed by atoms with Gasteiger partial charge >= 0.3 is 0 Å². The van der Waals surface area contributed by atoms with Crippen molar-refractivity contribution in [1.29, 1.82) is 0 Å². The van der Waals surface area contributed by atoms with Crippen LogP contribution in [0, 0.1) is 12.3 Å². The molecule has 0 heteroatoms. The van der Waals surface area contributed by atoms with E-state index in [1.165, 1.54) is 33.0 Å². The molecule has 0 heterocycles. The van der Waals surface area contributed by atoms with Gasteiger partial charge in [-0.1, -0.05) is 42.3 Å². The van der Waals surface area contributed by atoms with Crippen molar-refractivity contribution in [2.75, 3.05) is 0 Å². The molecule has 18 heavy (non-hydrogen) atoms. The van der Waals surface area contributed by atoms with E-state index in [-0.39, 0.29) is 0 Å². The molecule has 0 bridgehead atoms. The zero-order valence-electron chi connectivity index (χ0n) is 10.0. The maximum Gasteiger partial charge on any atom is 0.0321 e. The first-order valence-electron chi connectivity index (χ1n) is 6.29. The Morgan fingerprint density at radius 1 is 1.06 bits per heavy atom. The van der Waals surface area contributed by atoms with Gasteiger partial charge in [-0.2, -0.15) is 0 Å². The summed E-state index contributed by atoms with van der Waals surface area (Å²) in [4.78, 5) is 0. The minimum atomic E-state index is 1.01. The lowest BCUT2D eigenvalue weighted by atomic mass is 9.80. The lowest BCUT2D eigenvalue weighted by molar-refractivity contribution is 1.23. The van der Waals surface area contributed by atoms with Gasteiger partial charge in [0.1, 0.15) is 0 Å². The van der Waals surface area contributed by atoms with Crippen LogP contribution >= 0.6 is 0 Å². The first-order chi connectivity index (χ1) is 8.88. The van der Waals surface area contributed by atoms with Crippen molar-refractivity contribution in [3.05, 3.63) is 58.7 Å². The molecular formula is C18H12. The third-order valence-corrected chi connectivity index (χ3v) is 3.98. The van der Waals surface area contributed by atoms with Gasteiger partial charge in [0, 0.05) is 5.56 Å². The highest BCUT2D eigenvalue weighted by Gasteiger charge is 2.20. The highest BCUT2D eigenvalue weighted by atomic mass is 14.2. The number of rotatable bonds is 0. The minimum absolute atomic E-state index is 1.01. The van der Waals surface area contributed by atoms with Gasteiger partial charge in [0.2, 0.25) is 0 Å². The summed E-state index contributed by atoms with van der Waals surface area (Å²) < 4.78 is 0. The van der Waals surface area contributed by atoms with Crippen molar-refractivity contribution >= 4 is 22.4 Å². The molecule has 0 saturated carbocycles. The Balaban J connectivity index is 2.26. The quantitative estimate of drug-likeness (QED) is 0.593. The minimum Gasteiger partial charge on any atom is -0.115 e. The summed E-state index contributed by atoms with van der Waals surface area (Å²) in [6.07, 6.45) is 14.5. The van der Waals surface area contributed by atoms with E-state index in [9.17, 15) is 0 Å². The van der Waals surface area contributed by atoms with E-state index in [1.807, 2.05) is 0 Å². The Kier molecular flexibility index (Phi) is 1.82. The van der Waals surface area contributed by atoms with Crippen molar-refractivity contribution in [2.24, 2.45) is 0 Å². The number of terminal acetylenes is 1. The lowest BCUT2D eigenvalue weighted by Crippen LogP contribution is -2.03. The summed E-state index contributed by atoms with van der Waals surface area (Å²) >= 11 is 0. The van der Waals surface area contributed by atoms with E-state index in [0.717, 1.165) is 18.4 Å². The molecule has 2 aromatic carbocycles. The predicted molar refractivity (Wildman–Crippen MR) is 77.2 cm³/mol. The van der Waals surface area contributed by atoms with Gasteiger partial charge in [-0.15, -0.1) is 6.42 Å². The number of allylic oxidation sites excluding steroid dienone is 3. The third kappa shape index (κ3) is 1.11. The van der Waals surface area contributed by atoms with Crippen LogP contribution in [-0.2, 0) is 6.42 Å².